The van der Waals surface area contributed by atoms with Crippen molar-refractivity contribution in [3.05, 3.63) is 0 Å². The summed E-state index contributed by atoms with van der Waals surface area (Å²) in [5, 5.41) is 0. The van der Waals surface area contributed by atoms with Crippen molar-refractivity contribution < 1.29 is 69.3 Å². The number of rotatable bonds is 0. The molecule has 4 heavy (non-hydrogen) atoms. The summed E-state index contributed by atoms with van der Waals surface area (Å²) in [5.41, 5.74) is 0. The molecule has 0 spiro atoms. The molecule has 0 heterocycles. The molecule has 0 aliphatic heterocycles. The molecule has 0 aliphatic rings. The Kier molecular flexibility index (Phi) is 139. The van der Waals surface area contributed by atoms with Crippen molar-refractivity contribution in [2.45, 2.75) is 0 Å². The summed E-state index contributed by atoms with van der Waals surface area (Å²) < 4.78 is 0. The SMILES string of the molecule is [Hf].[Nb].[SiH4].[W]. The van der Waals surface area contributed by atoms with Crippen LogP contribution in [0.4, 0.5) is 0 Å². The third-order valence-corrected chi connectivity index (χ3v) is 0. The monoisotopic (exact) mass is 489 g/mol. The van der Waals surface area contributed by atoms with Crippen LogP contribution in [0.15, 0.2) is 0 Å². The summed E-state index contributed by atoms with van der Waals surface area (Å²) in [4.78, 5) is 0. The van der Waals surface area contributed by atoms with Crippen LogP contribution in [0.2, 0.25) is 0 Å². The molecule has 0 aromatic carbocycles. The maximum Gasteiger partial charge on any atom is 0 e. The standard InChI is InChI=1S/Hf.Nb.H4Si.W/h;;1H4;. The molecule has 0 saturated carbocycles. The van der Waals surface area contributed by atoms with Crippen molar-refractivity contribution in [2.75, 3.05) is 0 Å². The Morgan fingerprint density at radius 1 is 1.00 bits per heavy atom. The summed E-state index contributed by atoms with van der Waals surface area (Å²) in [6.07, 6.45) is 0. The predicted octanol–water partition coefficient (Wildman–Crippen LogP) is -1.46. The second kappa shape index (κ2) is 17.8. The molecular weight excluding hydrogens is 483 g/mol. The van der Waals surface area contributed by atoms with E-state index in [0.717, 1.165) is 0 Å². The van der Waals surface area contributed by atoms with E-state index in [0.29, 0.717) is 0 Å². The van der Waals surface area contributed by atoms with Gasteiger partial charge in [0.2, 0.25) is 0 Å². The van der Waals surface area contributed by atoms with E-state index in [1.165, 1.54) is 0 Å². The molecule has 0 aromatic rings. The molecule has 0 rings (SSSR count). The van der Waals surface area contributed by atoms with Gasteiger partial charge in [0.05, 0.1) is 0 Å². The van der Waals surface area contributed by atoms with Gasteiger partial charge in [-0.1, -0.05) is 0 Å². The smallest absolute Gasteiger partial charge is 0 e. The molecule has 0 atom stereocenters. The van der Waals surface area contributed by atoms with Crippen LogP contribution in [0, 0.1) is 0 Å². The molecule has 0 bridgehead atoms. The molecule has 23 valence electrons. The van der Waals surface area contributed by atoms with E-state index in [-0.39, 0.29) is 80.3 Å². The van der Waals surface area contributed by atoms with Gasteiger partial charge in [-0.2, -0.15) is 0 Å². The molecule has 0 aromatic heterocycles. The molecule has 0 aliphatic carbocycles. The van der Waals surface area contributed by atoms with Crippen LogP contribution < -0.4 is 0 Å². The Hall–Kier alpha value is 2.52. The molecule has 0 saturated heterocycles. The van der Waals surface area contributed by atoms with Gasteiger partial charge in [0.1, 0.15) is 0 Å². The van der Waals surface area contributed by atoms with Crippen LogP contribution in [-0.4, -0.2) is 11.0 Å². The van der Waals surface area contributed by atoms with Gasteiger partial charge in [-0.15, -0.1) is 0 Å². The van der Waals surface area contributed by atoms with Crippen molar-refractivity contribution in [2.24, 2.45) is 0 Å². The van der Waals surface area contributed by atoms with Crippen molar-refractivity contribution in [3.63, 3.8) is 0 Å². The Morgan fingerprint density at radius 3 is 1.00 bits per heavy atom. The van der Waals surface area contributed by atoms with E-state index in [1.54, 1.807) is 0 Å². The van der Waals surface area contributed by atoms with E-state index in [1.807, 2.05) is 0 Å². The summed E-state index contributed by atoms with van der Waals surface area (Å²) >= 11 is 0. The van der Waals surface area contributed by atoms with Crippen molar-refractivity contribution in [1.29, 1.82) is 0 Å². The summed E-state index contributed by atoms with van der Waals surface area (Å²) in [6.45, 7) is 0. The Bertz CT molecular complexity index is 8.00. The second-order valence-electron chi connectivity index (χ2n) is 0. The zero-order valence-corrected chi connectivity index (χ0v) is 10.1. The minimum Gasteiger partial charge on any atom is -0.0149 e. The van der Waals surface area contributed by atoms with Gasteiger partial charge in [0.15, 0.2) is 0 Å². The predicted molar refractivity (Wildman–Crippen MR) is 11.3 cm³/mol. The molecule has 0 amide bonds. The van der Waals surface area contributed by atoms with Crippen molar-refractivity contribution in [3.8, 4) is 0 Å². The minimum atomic E-state index is 0. The van der Waals surface area contributed by atoms with Gasteiger partial charge >= 0.3 is 0 Å². The van der Waals surface area contributed by atoms with Gasteiger partial charge in [0, 0.05) is 69.3 Å². The summed E-state index contributed by atoms with van der Waals surface area (Å²) in [5.74, 6) is 0. The fourth-order valence-corrected chi connectivity index (χ4v) is 0. The first-order chi connectivity index (χ1) is 0. The van der Waals surface area contributed by atoms with Gasteiger partial charge < -0.3 is 0 Å². The van der Waals surface area contributed by atoms with E-state index < -0.39 is 0 Å². The molecule has 0 N–H and O–H groups in total. The van der Waals surface area contributed by atoms with E-state index in [4.69, 9.17) is 0 Å². The molecule has 0 nitrogen and oxygen atoms in total. The van der Waals surface area contributed by atoms with Crippen LogP contribution in [0.1, 0.15) is 0 Å². The quantitative estimate of drug-likeness (QED) is 0.367. The Balaban J connectivity index is 0. The van der Waals surface area contributed by atoms with E-state index >= 15 is 0 Å². The largest absolute Gasteiger partial charge is 0.0149 e. The zero-order valence-electron chi connectivity index (χ0n) is 1.36. The Morgan fingerprint density at radius 2 is 1.00 bits per heavy atom. The van der Waals surface area contributed by atoms with Gasteiger partial charge in [-0.05, 0) is 11.0 Å². The van der Waals surface area contributed by atoms with E-state index in [2.05, 4.69) is 0 Å². The molecule has 1 radical (unpaired) electrons. The topological polar surface area (TPSA) is 0 Å². The third-order valence-electron chi connectivity index (χ3n) is 0. The zero-order chi connectivity index (χ0) is 0. The maximum absolute atomic E-state index is 0. The van der Waals surface area contributed by atoms with Gasteiger partial charge in [-0.25, -0.2) is 0 Å². The van der Waals surface area contributed by atoms with Crippen molar-refractivity contribution >= 4 is 11.0 Å². The molecule has 0 fully saturated rings. The second-order valence-corrected chi connectivity index (χ2v) is 0. The number of hydrogen-bond acceptors (Lipinski definition) is 0. The maximum atomic E-state index is 0. The van der Waals surface area contributed by atoms with Crippen LogP contribution in [0.5, 0.6) is 0 Å². The first-order valence-electron chi connectivity index (χ1n) is 0. The van der Waals surface area contributed by atoms with Crippen LogP contribution in [0.25, 0.3) is 0 Å². The van der Waals surface area contributed by atoms with Gasteiger partial charge in [0.25, 0.3) is 0 Å². The Labute approximate surface area is 79.1 Å². The van der Waals surface area contributed by atoms with Crippen LogP contribution in [-0.2, 0) is 69.3 Å². The van der Waals surface area contributed by atoms with Crippen LogP contribution >= 0.6 is 0 Å². The van der Waals surface area contributed by atoms with E-state index in [9.17, 15) is 0 Å². The van der Waals surface area contributed by atoms with Gasteiger partial charge in [-0.3, -0.25) is 0 Å². The first kappa shape index (κ1) is 31.3. The molecular formula is H4HfNbSiW. The minimum absolute atomic E-state index is 0. The fourth-order valence-electron chi connectivity index (χ4n) is 0. The van der Waals surface area contributed by atoms with Crippen molar-refractivity contribution in [1.82, 2.24) is 0 Å². The fraction of sp³-hybridized carbons (Fsp3) is 0. The summed E-state index contributed by atoms with van der Waals surface area (Å²) in [6, 6.07) is 0. The molecule has 0 unspecified atom stereocenters. The molecule has 4 heteroatoms. The number of hydrogen-bond donors (Lipinski definition) is 0. The normalized spacial score (nSPS) is 0. The third kappa shape index (κ3) is 8.82. The average Bonchev–Trinajstić information content (AvgIpc) is 0. The van der Waals surface area contributed by atoms with Crippen LogP contribution in [0.3, 0.4) is 0 Å². The summed E-state index contributed by atoms with van der Waals surface area (Å²) in [7, 11) is 0. The average molecular weight is 487 g/mol. The first-order valence-corrected chi connectivity index (χ1v) is 0.